The zero-order chi connectivity index (χ0) is 43.1. The normalized spacial score (nSPS) is 12.5. The highest BCUT2D eigenvalue weighted by Gasteiger charge is 2.27. The van der Waals surface area contributed by atoms with E-state index in [0.29, 0.717) is 11.5 Å². The van der Waals surface area contributed by atoms with Gasteiger partial charge in [0, 0.05) is 0 Å². The summed E-state index contributed by atoms with van der Waals surface area (Å²) >= 11 is 0. The van der Waals surface area contributed by atoms with Gasteiger partial charge in [0.2, 0.25) is 0 Å². The van der Waals surface area contributed by atoms with Gasteiger partial charge in [0.1, 0.15) is 11.5 Å². The van der Waals surface area contributed by atoms with E-state index in [2.05, 4.69) is 121 Å². The molecule has 0 amide bonds. The molecule has 0 aliphatic carbocycles. The molecule has 0 saturated heterocycles. The van der Waals surface area contributed by atoms with Crippen LogP contribution in [0.5, 0.6) is 11.5 Å². The summed E-state index contributed by atoms with van der Waals surface area (Å²) in [5.41, 5.74) is 7.05. The molecular formula is C55H98O2. The summed E-state index contributed by atoms with van der Waals surface area (Å²) < 4.78 is 0. The minimum atomic E-state index is -0.0311. The second-order valence-corrected chi connectivity index (χ2v) is 22.0. The maximum absolute atomic E-state index is 10.9. The molecule has 0 spiro atoms. The number of aryl methyl sites for hydroxylation is 2. The number of rotatable bonds is 25. The molecule has 0 fully saturated rings. The van der Waals surface area contributed by atoms with Gasteiger partial charge >= 0.3 is 0 Å². The van der Waals surface area contributed by atoms with Crippen LogP contribution in [0.25, 0.3) is 0 Å². The van der Waals surface area contributed by atoms with E-state index in [1.807, 2.05) is 0 Å². The first kappa shape index (κ1) is 53.1. The first-order valence-corrected chi connectivity index (χ1v) is 24.4. The second-order valence-electron chi connectivity index (χ2n) is 22.0. The number of phenolic OH excluding ortho intramolecular Hbond substituents is 2. The van der Waals surface area contributed by atoms with Gasteiger partial charge in [-0.25, -0.2) is 0 Å². The third kappa shape index (κ3) is 22.3. The number of hydrogen-bond donors (Lipinski definition) is 2. The third-order valence-electron chi connectivity index (χ3n) is 12.0. The molecule has 2 N–H and O–H groups in total. The van der Waals surface area contributed by atoms with E-state index >= 15 is 0 Å². The molecule has 0 bridgehead atoms. The predicted molar refractivity (Wildman–Crippen MR) is 256 cm³/mol. The molecule has 0 atom stereocenters. The zero-order valence-electron chi connectivity index (χ0n) is 40.9. The Kier molecular flexibility index (Phi) is 25.1. The summed E-state index contributed by atoms with van der Waals surface area (Å²) in [5, 5.41) is 21.7. The SMILES string of the molecule is CCCCCCCCCCCCCCc1cc(C(C)(C)C)c(O)c(C(C)(C)C)c1.CCCCCCCCCCCCCc1cc(C(C)(C)C)c(O)c(C(C)(C)C)c1. The molecule has 0 unspecified atom stereocenters. The van der Waals surface area contributed by atoms with Gasteiger partial charge in [-0.05, 0) is 80.7 Å². The quantitative estimate of drug-likeness (QED) is 0.0984. The number of hydrogen-bond acceptors (Lipinski definition) is 2. The largest absolute Gasteiger partial charge is 0.507 e. The Bertz CT molecular complexity index is 1270. The summed E-state index contributed by atoms with van der Waals surface area (Å²) in [5.74, 6) is 1.01. The molecule has 2 aromatic rings. The monoisotopic (exact) mass is 791 g/mol. The molecule has 2 heteroatoms. The minimum Gasteiger partial charge on any atom is -0.507 e. The van der Waals surface area contributed by atoms with Crippen molar-refractivity contribution < 1.29 is 10.2 Å². The Labute approximate surface area is 357 Å². The average Bonchev–Trinajstić information content (AvgIpc) is 3.10. The van der Waals surface area contributed by atoms with Crippen molar-refractivity contribution in [1.82, 2.24) is 0 Å². The Morgan fingerprint density at radius 1 is 0.298 bits per heavy atom. The van der Waals surface area contributed by atoms with Gasteiger partial charge in [-0.3, -0.25) is 0 Å². The number of benzene rings is 2. The molecule has 0 heterocycles. The highest BCUT2D eigenvalue weighted by atomic mass is 16.3. The average molecular weight is 791 g/mol. The molecule has 2 rings (SSSR count). The lowest BCUT2D eigenvalue weighted by atomic mass is 9.78. The van der Waals surface area contributed by atoms with E-state index < -0.39 is 0 Å². The van der Waals surface area contributed by atoms with Gasteiger partial charge in [-0.2, -0.15) is 0 Å². The van der Waals surface area contributed by atoms with Crippen LogP contribution in [0.1, 0.15) is 278 Å². The van der Waals surface area contributed by atoms with Gasteiger partial charge in [0.05, 0.1) is 0 Å². The van der Waals surface area contributed by atoms with E-state index in [9.17, 15) is 10.2 Å². The fraction of sp³-hybridized carbons (Fsp3) is 0.782. The van der Waals surface area contributed by atoms with Crippen molar-refractivity contribution >= 4 is 0 Å². The summed E-state index contributed by atoms with van der Waals surface area (Å²) in [7, 11) is 0. The van der Waals surface area contributed by atoms with Crippen LogP contribution in [0.15, 0.2) is 24.3 Å². The van der Waals surface area contributed by atoms with Crippen LogP contribution in [0, 0.1) is 0 Å². The minimum absolute atomic E-state index is 0.0305. The maximum Gasteiger partial charge on any atom is 0.123 e. The van der Waals surface area contributed by atoms with Gasteiger partial charge in [-0.15, -0.1) is 0 Å². The Morgan fingerprint density at radius 2 is 0.474 bits per heavy atom. The summed E-state index contributed by atoms with van der Waals surface area (Å²) in [4.78, 5) is 0. The van der Waals surface area contributed by atoms with E-state index in [-0.39, 0.29) is 21.7 Å². The van der Waals surface area contributed by atoms with Crippen molar-refractivity contribution in [2.45, 2.75) is 279 Å². The molecule has 2 aromatic carbocycles. The topological polar surface area (TPSA) is 40.5 Å². The van der Waals surface area contributed by atoms with Gasteiger partial charge < -0.3 is 10.2 Å². The van der Waals surface area contributed by atoms with Crippen molar-refractivity contribution in [3.8, 4) is 11.5 Å². The first-order chi connectivity index (χ1) is 26.6. The van der Waals surface area contributed by atoms with Crippen LogP contribution >= 0.6 is 0 Å². The number of aromatic hydroxyl groups is 2. The maximum atomic E-state index is 10.9. The van der Waals surface area contributed by atoms with Crippen LogP contribution in [0.3, 0.4) is 0 Å². The summed E-state index contributed by atoms with van der Waals surface area (Å²) in [6.07, 6.45) is 34.2. The van der Waals surface area contributed by atoms with E-state index in [0.717, 1.165) is 35.1 Å². The summed E-state index contributed by atoms with van der Waals surface area (Å²) in [6, 6.07) is 9.01. The Balaban J connectivity index is 0.000000570. The number of phenols is 2. The molecule has 57 heavy (non-hydrogen) atoms. The highest BCUT2D eigenvalue weighted by molar-refractivity contribution is 5.51. The Morgan fingerprint density at radius 3 is 0.649 bits per heavy atom. The Hall–Kier alpha value is -1.96. The fourth-order valence-corrected chi connectivity index (χ4v) is 8.13. The molecule has 0 radical (unpaired) electrons. The van der Waals surface area contributed by atoms with Crippen LogP contribution < -0.4 is 0 Å². The number of unbranched alkanes of at least 4 members (excludes halogenated alkanes) is 21. The lowest BCUT2D eigenvalue weighted by molar-refractivity contribution is 0.421. The highest BCUT2D eigenvalue weighted by Crippen LogP contribution is 2.41. The molecule has 0 aliphatic heterocycles. The lowest BCUT2D eigenvalue weighted by Gasteiger charge is -2.28. The molecule has 0 saturated carbocycles. The molecule has 0 aromatic heterocycles. The second kappa shape index (κ2) is 27.0. The van der Waals surface area contributed by atoms with Crippen molar-refractivity contribution in [2.75, 3.05) is 0 Å². The standard InChI is InChI=1S/C28H50O.C27H48O/c1-8-9-10-11-12-13-14-15-16-17-18-19-20-23-21-24(27(2,3)4)26(29)25(22-23)28(5,6)7;1-8-9-10-11-12-13-14-15-16-17-18-19-22-20-23(26(2,3)4)25(28)24(21-22)27(5,6)7/h21-22,29H,8-20H2,1-7H3;20-21,28H,8-19H2,1-7H3. The van der Waals surface area contributed by atoms with E-state index in [1.54, 1.807) is 0 Å². The zero-order valence-corrected chi connectivity index (χ0v) is 40.9. The first-order valence-electron chi connectivity index (χ1n) is 24.4. The van der Waals surface area contributed by atoms with Crippen molar-refractivity contribution in [3.63, 3.8) is 0 Å². The van der Waals surface area contributed by atoms with Crippen molar-refractivity contribution in [3.05, 3.63) is 57.6 Å². The molecule has 2 nitrogen and oxygen atoms in total. The molecular weight excluding hydrogens is 693 g/mol. The van der Waals surface area contributed by atoms with Gasteiger partial charge in [0.25, 0.3) is 0 Å². The fourth-order valence-electron chi connectivity index (χ4n) is 8.13. The summed E-state index contributed by atoms with van der Waals surface area (Å²) in [6.45, 7) is 30.9. The van der Waals surface area contributed by atoms with Crippen molar-refractivity contribution in [2.24, 2.45) is 0 Å². The van der Waals surface area contributed by atoms with E-state index in [1.165, 1.54) is 159 Å². The van der Waals surface area contributed by atoms with Crippen LogP contribution in [-0.2, 0) is 34.5 Å². The predicted octanol–water partition coefficient (Wildman–Crippen LogP) is 18.1. The van der Waals surface area contributed by atoms with Crippen LogP contribution in [0.4, 0.5) is 0 Å². The lowest BCUT2D eigenvalue weighted by Crippen LogP contribution is -2.18. The smallest absolute Gasteiger partial charge is 0.123 e. The van der Waals surface area contributed by atoms with Crippen LogP contribution in [-0.4, -0.2) is 10.2 Å². The van der Waals surface area contributed by atoms with Crippen LogP contribution in [0.2, 0.25) is 0 Å². The van der Waals surface area contributed by atoms with Gasteiger partial charge in [0.15, 0.2) is 0 Å². The van der Waals surface area contributed by atoms with Crippen molar-refractivity contribution in [1.29, 1.82) is 0 Å². The van der Waals surface area contributed by atoms with E-state index in [4.69, 9.17) is 0 Å². The third-order valence-corrected chi connectivity index (χ3v) is 12.0. The molecule has 330 valence electrons. The molecule has 0 aliphatic rings. The van der Waals surface area contributed by atoms with Gasteiger partial charge in [-0.1, -0.05) is 256 Å².